The van der Waals surface area contributed by atoms with Crippen LogP contribution >= 0.6 is 11.8 Å². The van der Waals surface area contributed by atoms with Gasteiger partial charge in [0.1, 0.15) is 0 Å². The number of fused-ring (bicyclic) bond motifs is 2. The molecule has 0 unspecified atom stereocenters. The van der Waals surface area contributed by atoms with Gasteiger partial charge in [-0.05, 0) is 49.6 Å². The number of rotatable bonds is 6. The predicted molar refractivity (Wildman–Crippen MR) is 129 cm³/mol. The second-order valence-corrected chi connectivity index (χ2v) is 9.23. The Labute approximate surface area is 193 Å². The van der Waals surface area contributed by atoms with E-state index in [2.05, 4.69) is 73.6 Å². The fourth-order valence-corrected chi connectivity index (χ4v) is 5.51. The first kappa shape index (κ1) is 20.8. The molecular formula is C25H27N5OS. The monoisotopic (exact) mass is 445 g/mol. The molecule has 7 heteroatoms. The maximum atomic E-state index is 12.7. The largest absolute Gasteiger partial charge is 0.356 e. The van der Waals surface area contributed by atoms with Crippen LogP contribution in [0.4, 0.5) is 17.3 Å². The molecule has 2 aromatic carbocycles. The van der Waals surface area contributed by atoms with Gasteiger partial charge in [0, 0.05) is 54.3 Å². The third-order valence-electron chi connectivity index (χ3n) is 6.09. The summed E-state index contributed by atoms with van der Waals surface area (Å²) in [5.41, 5.74) is 2.50. The van der Waals surface area contributed by atoms with E-state index in [0.717, 1.165) is 44.8 Å². The van der Waals surface area contributed by atoms with Gasteiger partial charge in [-0.15, -0.1) is 0 Å². The van der Waals surface area contributed by atoms with Crippen molar-refractivity contribution < 1.29 is 4.79 Å². The molecule has 6 nitrogen and oxygen atoms in total. The number of nitrogens with zero attached hydrogens (tertiary/aromatic N) is 4. The lowest BCUT2D eigenvalue weighted by Gasteiger charge is -2.33. The third kappa shape index (κ3) is 4.43. The maximum Gasteiger partial charge on any atom is 0.225 e. The highest BCUT2D eigenvalue weighted by Crippen LogP contribution is 2.47. The number of aromatic nitrogens is 2. The molecule has 0 bridgehead atoms. The number of hydrogen-bond acceptors (Lipinski definition) is 6. The number of piperidine rings is 1. The lowest BCUT2D eigenvalue weighted by Crippen LogP contribution is -2.41. The molecule has 0 aliphatic carbocycles. The summed E-state index contributed by atoms with van der Waals surface area (Å²) in [4.78, 5) is 28.5. The molecule has 2 aliphatic rings. The first-order valence-electron chi connectivity index (χ1n) is 11.2. The van der Waals surface area contributed by atoms with Crippen molar-refractivity contribution in [2.24, 2.45) is 5.92 Å². The number of hydrogen-bond donors (Lipinski definition) is 1. The van der Waals surface area contributed by atoms with Gasteiger partial charge >= 0.3 is 0 Å². The molecule has 0 radical (unpaired) electrons. The zero-order chi connectivity index (χ0) is 21.8. The third-order valence-corrected chi connectivity index (χ3v) is 7.22. The van der Waals surface area contributed by atoms with Crippen molar-refractivity contribution in [3.63, 3.8) is 0 Å². The first-order chi connectivity index (χ1) is 15.8. The predicted octanol–water partition coefficient (Wildman–Crippen LogP) is 4.50. The van der Waals surface area contributed by atoms with Gasteiger partial charge in [0.05, 0.1) is 11.4 Å². The average molecular weight is 446 g/mol. The normalized spacial score (nSPS) is 15.8. The molecular weight excluding hydrogens is 418 g/mol. The Morgan fingerprint density at radius 1 is 0.938 bits per heavy atom. The number of carbonyl (C=O) groups is 1. The number of para-hydroxylation sites is 2. The summed E-state index contributed by atoms with van der Waals surface area (Å²) in [6.45, 7) is 3.20. The highest BCUT2D eigenvalue weighted by atomic mass is 32.2. The molecule has 1 amide bonds. The van der Waals surface area contributed by atoms with Gasteiger partial charge in [0.2, 0.25) is 11.9 Å². The van der Waals surface area contributed by atoms with E-state index in [1.54, 1.807) is 12.4 Å². The van der Waals surface area contributed by atoms with E-state index >= 15 is 0 Å². The summed E-state index contributed by atoms with van der Waals surface area (Å²) in [5.74, 6) is 1.00. The van der Waals surface area contributed by atoms with Gasteiger partial charge in [-0.2, -0.15) is 0 Å². The smallest absolute Gasteiger partial charge is 0.225 e. The van der Waals surface area contributed by atoms with E-state index in [4.69, 9.17) is 0 Å². The first-order valence-corrected chi connectivity index (χ1v) is 12.0. The molecule has 0 saturated carbocycles. The quantitative estimate of drug-likeness (QED) is 0.564. The van der Waals surface area contributed by atoms with Crippen molar-refractivity contribution in [3.8, 4) is 0 Å². The summed E-state index contributed by atoms with van der Waals surface area (Å²) in [6.07, 6.45) is 6.11. The van der Waals surface area contributed by atoms with Gasteiger partial charge in [-0.25, -0.2) is 9.97 Å². The number of benzene rings is 2. The Kier molecular flexibility index (Phi) is 6.25. The highest BCUT2D eigenvalue weighted by Gasteiger charge is 2.26. The lowest BCUT2D eigenvalue weighted by molar-refractivity contribution is -0.125. The minimum absolute atomic E-state index is 0.0720. The molecule has 5 rings (SSSR count). The Bertz CT molecular complexity index is 1020. The molecule has 32 heavy (non-hydrogen) atoms. The molecule has 1 saturated heterocycles. The Morgan fingerprint density at radius 3 is 2.22 bits per heavy atom. The van der Waals surface area contributed by atoms with E-state index in [9.17, 15) is 4.79 Å². The molecule has 164 valence electrons. The standard InChI is InChI=1S/C25H27N5OS/c31-24(19-11-17-29(18-12-19)25-27-13-5-14-28-25)26-15-6-16-30-20-7-1-3-9-22(20)32-23-10-4-2-8-21(23)30/h1-5,7-10,13-14,19H,6,11-12,15-18H2,(H,26,31). The van der Waals surface area contributed by atoms with Gasteiger partial charge in [-0.3, -0.25) is 4.79 Å². The van der Waals surface area contributed by atoms with Crippen LogP contribution in [0.25, 0.3) is 0 Å². The summed E-state index contributed by atoms with van der Waals surface area (Å²) >= 11 is 1.82. The van der Waals surface area contributed by atoms with Crippen LogP contribution in [0.3, 0.4) is 0 Å². The van der Waals surface area contributed by atoms with E-state index in [1.807, 2.05) is 17.8 Å². The van der Waals surface area contributed by atoms with Crippen LogP contribution in [-0.2, 0) is 4.79 Å². The van der Waals surface area contributed by atoms with E-state index in [0.29, 0.717) is 6.54 Å². The topological polar surface area (TPSA) is 61.4 Å². The minimum Gasteiger partial charge on any atom is -0.356 e. The molecule has 1 aromatic heterocycles. The van der Waals surface area contributed by atoms with Crippen molar-refractivity contribution in [2.45, 2.75) is 29.1 Å². The van der Waals surface area contributed by atoms with Crippen molar-refractivity contribution >= 4 is 35.0 Å². The van der Waals surface area contributed by atoms with Crippen LogP contribution in [0.1, 0.15) is 19.3 Å². The van der Waals surface area contributed by atoms with Crippen molar-refractivity contribution in [2.75, 3.05) is 36.0 Å². The van der Waals surface area contributed by atoms with Crippen LogP contribution in [0.5, 0.6) is 0 Å². The number of amides is 1. The number of nitrogens with one attached hydrogen (secondary N) is 1. The van der Waals surface area contributed by atoms with Crippen LogP contribution in [0.15, 0.2) is 76.8 Å². The summed E-state index contributed by atoms with van der Waals surface area (Å²) < 4.78 is 0. The SMILES string of the molecule is O=C(NCCCN1c2ccccc2Sc2ccccc21)C1CCN(c2ncccn2)CC1. The van der Waals surface area contributed by atoms with Crippen LogP contribution in [0, 0.1) is 5.92 Å². The summed E-state index contributed by atoms with van der Waals surface area (Å²) in [5, 5.41) is 3.17. The molecule has 1 N–H and O–H groups in total. The molecule has 3 aromatic rings. The molecule has 0 spiro atoms. The van der Waals surface area contributed by atoms with Crippen molar-refractivity contribution in [1.29, 1.82) is 0 Å². The van der Waals surface area contributed by atoms with E-state index in [-0.39, 0.29) is 11.8 Å². The van der Waals surface area contributed by atoms with Gasteiger partial charge in [-0.1, -0.05) is 36.0 Å². The van der Waals surface area contributed by atoms with Gasteiger partial charge in [0.15, 0.2) is 0 Å². The minimum atomic E-state index is 0.0720. The summed E-state index contributed by atoms with van der Waals surface area (Å²) in [7, 11) is 0. The Hall–Kier alpha value is -3.06. The fraction of sp³-hybridized carbons (Fsp3) is 0.320. The zero-order valence-electron chi connectivity index (χ0n) is 18.0. The van der Waals surface area contributed by atoms with Gasteiger partial charge < -0.3 is 15.1 Å². The molecule has 0 atom stereocenters. The number of anilines is 3. The van der Waals surface area contributed by atoms with Crippen LogP contribution in [0.2, 0.25) is 0 Å². The molecule has 1 fully saturated rings. The number of carbonyl (C=O) groups excluding carboxylic acids is 1. The lowest BCUT2D eigenvalue weighted by atomic mass is 9.96. The Morgan fingerprint density at radius 2 is 1.56 bits per heavy atom. The second-order valence-electron chi connectivity index (χ2n) is 8.14. The second kappa shape index (κ2) is 9.61. The van der Waals surface area contributed by atoms with E-state index < -0.39 is 0 Å². The van der Waals surface area contributed by atoms with Crippen LogP contribution in [-0.4, -0.2) is 42.1 Å². The molecule has 2 aliphatic heterocycles. The highest BCUT2D eigenvalue weighted by molar-refractivity contribution is 7.99. The van der Waals surface area contributed by atoms with Gasteiger partial charge in [0.25, 0.3) is 0 Å². The Balaban J connectivity index is 1.13. The van der Waals surface area contributed by atoms with Crippen molar-refractivity contribution in [3.05, 3.63) is 67.0 Å². The zero-order valence-corrected chi connectivity index (χ0v) is 18.8. The molecule has 3 heterocycles. The maximum absolute atomic E-state index is 12.7. The van der Waals surface area contributed by atoms with E-state index in [1.165, 1.54) is 21.2 Å². The van der Waals surface area contributed by atoms with Crippen molar-refractivity contribution in [1.82, 2.24) is 15.3 Å². The summed E-state index contributed by atoms with van der Waals surface area (Å²) in [6, 6.07) is 18.9. The average Bonchev–Trinajstić information content (AvgIpc) is 2.86. The van der Waals surface area contributed by atoms with Crippen LogP contribution < -0.4 is 15.1 Å². The fourth-order valence-electron chi connectivity index (χ4n) is 4.41.